The molecule has 0 bridgehead atoms. The Labute approximate surface area is 542 Å². The number of anilines is 1. The molecule has 0 aliphatic heterocycles. The highest BCUT2D eigenvalue weighted by molar-refractivity contribution is 6.42. The third-order valence-electron chi connectivity index (χ3n) is 18.5. The van der Waals surface area contributed by atoms with E-state index in [-0.39, 0.29) is 11.0 Å². The van der Waals surface area contributed by atoms with E-state index in [2.05, 4.69) is 218 Å². The highest BCUT2D eigenvalue weighted by Crippen LogP contribution is 2.52. The van der Waals surface area contributed by atoms with Gasteiger partial charge in [-0.05, 0) is 178 Å². The van der Waals surface area contributed by atoms with Crippen molar-refractivity contribution in [1.29, 1.82) is 0 Å². The number of carboxylic acid groups (broad SMARTS) is 1. The van der Waals surface area contributed by atoms with Gasteiger partial charge in [-0.3, -0.25) is 4.79 Å². The van der Waals surface area contributed by atoms with Crippen molar-refractivity contribution in [2.24, 2.45) is 11.3 Å². The summed E-state index contributed by atoms with van der Waals surface area (Å²) in [4.78, 5) is 38.5. The standard InChI is InChI=1S/C40H24.C31H18O.C11H9NO2.C5H11NO2/c1-3-11-25(12-4-1)37-33-23-29-15-7-8-16-30(29)24-34(33)38(26-13-5-2-6-14-26)40-32-20-10-18-28-22-21-27-17-9-19-31(39(37)40)35(27)36(28)32;32-31-27(19-9-3-1-4-10-19)29-23-15-7-13-21-17-18-22-14-8-16-24(26(22)25(21)23)30(29)28(31)20-11-5-2-6-12-20;12-10-6-8-4-2-1-3-7(8)5-9(10)11(13)14;1-5(2)3-4-8-6-7/h1-24H;1-18H;1-6H,12H2,(H,13,14);5H,3-4H2,1-2H3. The van der Waals surface area contributed by atoms with E-state index in [1.165, 1.54) is 108 Å². The zero-order chi connectivity index (χ0) is 64.0. The Morgan fingerprint density at radius 3 is 0.989 bits per heavy atom. The molecule has 3 N–H and O–H groups in total. The highest BCUT2D eigenvalue weighted by Gasteiger charge is 2.27. The van der Waals surface area contributed by atoms with Crippen molar-refractivity contribution in [3.8, 4) is 44.5 Å². The SMILES string of the molecule is CC(C)CCON=O.Nc1cc2ccccc2cc1C(=O)O.O=c1c(-c2ccccc2)c2c3cccc4ccc5cccc(c2c1-c1ccccc1)c5c43.c1ccc(-c2c3cc4ccccc4cc3c(-c3ccccc3)c3c4cccc5ccc6cccc(c23)c6c54)cc1. The summed E-state index contributed by atoms with van der Waals surface area (Å²) in [6.45, 7) is 4.57. The van der Waals surface area contributed by atoms with Gasteiger partial charge in [0.2, 0.25) is 0 Å². The number of aromatic carboxylic acids is 1. The lowest BCUT2D eigenvalue weighted by Crippen LogP contribution is -2.01. The van der Waals surface area contributed by atoms with Gasteiger partial charge < -0.3 is 15.7 Å². The van der Waals surface area contributed by atoms with Gasteiger partial charge in [-0.15, -0.1) is 4.91 Å². The van der Waals surface area contributed by atoms with E-state index in [9.17, 15) is 14.5 Å². The Morgan fingerprint density at radius 2 is 0.660 bits per heavy atom. The molecule has 0 aliphatic carbocycles. The first kappa shape index (κ1) is 58.3. The molecule has 18 rings (SSSR count). The molecule has 18 aromatic rings. The molecular weight excluding hydrogens is 1150 g/mol. The minimum Gasteiger partial charge on any atom is -0.478 e. The van der Waals surface area contributed by atoms with E-state index in [1.54, 1.807) is 12.1 Å². The number of nitrogens with zero attached hydrogens (tertiary/aromatic N) is 1. The maximum atomic E-state index is 14.1. The molecule has 18 aromatic carbocycles. The van der Waals surface area contributed by atoms with E-state index in [1.807, 2.05) is 84.9 Å². The van der Waals surface area contributed by atoms with Gasteiger partial charge in [0.1, 0.15) is 6.61 Å². The number of benzene rings is 17. The van der Waals surface area contributed by atoms with Crippen LogP contribution in [0.2, 0.25) is 0 Å². The summed E-state index contributed by atoms with van der Waals surface area (Å²) in [5.74, 6) is -0.412. The Bertz CT molecular complexity index is 5630. The third kappa shape index (κ3) is 10.2. The average molecular weight is 1220 g/mol. The maximum Gasteiger partial charge on any atom is 0.337 e. The molecule has 0 amide bonds. The van der Waals surface area contributed by atoms with E-state index >= 15 is 0 Å². The molecule has 7 nitrogen and oxygen atoms in total. The average Bonchev–Trinajstić information content (AvgIpc) is 0.971. The first-order chi connectivity index (χ1) is 46.1. The van der Waals surface area contributed by atoms with E-state index in [0.29, 0.717) is 18.2 Å². The second kappa shape index (κ2) is 24.6. The third-order valence-corrected chi connectivity index (χ3v) is 18.5. The molecule has 0 radical (unpaired) electrons. The maximum absolute atomic E-state index is 14.1. The van der Waals surface area contributed by atoms with Crippen LogP contribution in [0.3, 0.4) is 0 Å². The second-order valence-electron chi connectivity index (χ2n) is 24.5. The number of rotatable bonds is 9. The summed E-state index contributed by atoms with van der Waals surface area (Å²) in [5, 5.41) is 38.0. The highest BCUT2D eigenvalue weighted by atomic mass is 16.7. The zero-order valence-electron chi connectivity index (χ0n) is 51.8. The fourth-order valence-electron chi connectivity index (χ4n) is 14.3. The van der Waals surface area contributed by atoms with E-state index in [0.717, 1.165) is 61.0 Å². The van der Waals surface area contributed by atoms with Crippen LogP contribution in [-0.4, -0.2) is 17.7 Å². The first-order valence-electron chi connectivity index (χ1n) is 31.8. The van der Waals surface area contributed by atoms with Gasteiger partial charge in [0, 0.05) is 27.6 Å². The van der Waals surface area contributed by atoms with Crippen molar-refractivity contribution in [2.75, 3.05) is 12.3 Å². The van der Waals surface area contributed by atoms with E-state index in [4.69, 9.17) is 10.8 Å². The van der Waals surface area contributed by atoms with Gasteiger partial charge in [0.25, 0.3) is 0 Å². The van der Waals surface area contributed by atoms with Gasteiger partial charge >= 0.3 is 5.97 Å². The van der Waals surface area contributed by atoms with Crippen LogP contribution in [-0.2, 0) is 4.84 Å². The number of carbonyl (C=O) groups is 1. The van der Waals surface area contributed by atoms with Crippen LogP contribution in [0.15, 0.2) is 301 Å². The molecule has 0 saturated carbocycles. The van der Waals surface area contributed by atoms with Gasteiger partial charge in [0.15, 0.2) is 10.8 Å². The predicted molar refractivity (Wildman–Crippen MR) is 396 cm³/mol. The summed E-state index contributed by atoms with van der Waals surface area (Å²) in [6.07, 6.45) is 0.895. The van der Waals surface area contributed by atoms with Gasteiger partial charge in [0.05, 0.1) is 5.56 Å². The molecular formula is C87H62N2O5. The van der Waals surface area contributed by atoms with Gasteiger partial charge in [-0.2, -0.15) is 0 Å². The van der Waals surface area contributed by atoms with Crippen molar-refractivity contribution in [2.45, 2.75) is 20.3 Å². The monoisotopic (exact) mass is 1210 g/mol. The lowest BCUT2D eigenvalue weighted by atomic mass is 9.80. The van der Waals surface area contributed by atoms with Crippen molar-refractivity contribution in [3.05, 3.63) is 312 Å². The zero-order valence-corrected chi connectivity index (χ0v) is 51.8. The second-order valence-corrected chi connectivity index (χ2v) is 24.5. The molecule has 0 saturated heterocycles. The van der Waals surface area contributed by atoms with Crippen molar-refractivity contribution < 1.29 is 14.7 Å². The topological polar surface area (TPSA) is 119 Å². The summed E-state index contributed by atoms with van der Waals surface area (Å²) < 4.78 is 0. The summed E-state index contributed by atoms with van der Waals surface area (Å²) >= 11 is 0. The lowest BCUT2D eigenvalue weighted by Gasteiger charge is -2.23. The Kier molecular flexibility index (Phi) is 15.3. The largest absolute Gasteiger partial charge is 0.478 e. The fraction of sp³-hybridized carbons (Fsp3) is 0.0575. The van der Waals surface area contributed by atoms with Crippen molar-refractivity contribution >= 4 is 130 Å². The van der Waals surface area contributed by atoms with Crippen molar-refractivity contribution in [3.63, 3.8) is 0 Å². The Morgan fingerprint density at radius 1 is 0.362 bits per heavy atom. The molecule has 450 valence electrons. The minimum absolute atomic E-state index is 0.106. The van der Waals surface area contributed by atoms with Gasteiger partial charge in [-0.1, -0.05) is 281 Å². The molecule has 94 heavy (non-hydrogen) atoms. The van der Waals surface area contributed by atoms with Crippen LogP contribution in [0.4, 0.5) is 5.69 Å². The van der Waals surface area contributed by atoms with Crippen LogP contribution in [0.5, 0.6) is 0 Å². The number of nitrogen functional groups attached to an aromatic ring is 1. The summed E-state index contributed by atoms with van der Waals surface area (Å²) in [6, 6.07) is 102. The fourth-order valence-corrected chi connectivity index (χ4v) is 14.3. The molecule has 0 unspecified atom stereocenters. The molecule has 0 atom stereocenters. The molecule has 0 aliphatic rings. The van der Waals surface area contributed by atoms with Crippen molar-refractivity contribution in [1.82, 2.24) is 0 Å². The van der Waals surface area contributed by atoms with Crippen LogP contribution in [0.1, 0.15) is 30.6 Å². The van der Waals surface area contributed by atoms with Gasteiger partial charge in [-0.25, -0.2) is 4.79 Å². The molecule has 0 aromatic heterocycles. The lowest BCUT2D eigenvalue weighted by molar-refractivity contribution is 0.0698. The number of hydrogen-bond donors (Lipinski definition) is 2. The quantitative estimate of drug-likeness (QED) is 0.0371. The normalized spacial score (nSPS) is 11.5. The van der Waals surface area contributed by atoms with Crippen LogP contribution in [0.25, 0.3) is 163 Å². The number of hydrogen-bond acceptors (Lipinski definition) is 6. The minimum atomic E-state index is -0.992. The Balaban J connectivity index is 0.000000120. The summed E-state index contributed by atoms with van der Waals surface area (Å²) in [5.41, 5.74) is 14.9. The predicted octanol–water partition coefficient (Wildman–Crippen LogP) is 23.1. The first-order valence-corrected chi connectivity index (χ1v) is 31.8. The van der Waals surface area contributed by atoms with Crippen LogP contribution < -0.4 is 11.2 Å². The summed E-state index contributed by atoms with van der Waals surface area (Å²) in [7, 11) is 0. The molecule has 0 fully saturated rings. The number of carboxylic acids is 1. The number of nitrogens with two attached hydrogens (primary N) is 1. The molecule has 0 heterocycles. The van der Waals surface area contributed by atoms with Crippen LogP contribution >= 0.6 is 0 Å². The molecule has 0 spiro atoms. The van der Waals surface area contributed by atoms with Crippen LogP contribution in [0, 0.1) is 10.8 Å². The van der Waals surface area contributed by atoms with E-state index < -0.39 is 5.97 Å². The number of fused-ring (bicyclic) bond motifs is 9. The smallest absolute Gasteiger partial charge is 0.337 e. The Hall–Kier alpha value is -12.1. The molecule has 7 heteroatoms.